The number of hydrogen-bond donors (Lipinski definition) is 2. The second kappa shape index (κ2) is 14.0. The summed E-state index contributed by atoms with van der Waals surface area (Å²) in [4.78, 5) is 29.3. The van der Waals surface area contributed by atoms with E-state index in [1.807, 2.05) is 6.08 Å². The average molecular weight is 567 g/mol. The highest BCUT2D eigenvalue weighted by Gasteiger charge is 2.29. The Morgan fingerprint density at radius 1 is 1.25 bits per heavy atom. The third-order valence-electron chi connectivity index (χ3n) is 6.60. The Morgan fingerprint density at radius 2 is 2.05 bits per heavy atom. The molecule has 210 valence electrons. The van der Waals surface area contributed by atoms with Gasteiger partial charge in [-0.25, -0.2) is 9.37 Å². The molecular formula is C30H32ClFN4O4. The molecule has 2 aromatic rings. The molecule has 1 saturated heterocycles. The van der Waals surface area contributed by atoms with Crippen LogP contribution in [-0.2, 0) is 14.3 Å². The van der Waals surface area contributed by atoms with Gasteiger partial charge in [-0.1, -0.05) is 23.7 Å². The smallest absolute Gasteiger partial charge is 0.244 e. The van der Waals surface area contributed by atoms with Gasteiger partial charge in [0.15, 0.2) is 6.29 Å². The highest BCUT2D eigenvalue weighted by molar-refractivity contribution is 6.32. The fourth-order valence-electron chi connectivity index (χ4n) is 4.32. The number of halogens is 2. The first-order valence-corrected chi connectivity index (χ1v) is 13.3. The van der Waals surface area contributed by atoms with E-state index in [1.54, 1.807) is 36.5 Å². The molecule has 0 radical (unpaired) electrons. The van der Waals surface area contributed by atoms with E-state index in [4.69, 9.17) is 26.8 Å². The fraction of sp³-hybridized carbons (Fsp3) is 0.300. The summed E-state index contributed by atoms with van der Waals surface area (Å²) >= 11 is 6.41. The highest BCUT2D eigenvalue weighted by Crippen LogP contribution is 2.39. The number of morpholine rings is 1. The van der Waals surface area contributed by atoms with Gasteiger partial charge in [0, 0.05) is 31.8 Å². The third-order valence-corrected chi connectivity index (χ3v) is 6.90. The van der Waals surface area contributed by atoms with E-state index in [0.717, 1.165) is 43.0 Å². The van der Waals surface area contributed by atoms with Crippen molar-refractivity contribution in [1.82, 2.24) is 15.2 Å². The summed E-state index contributed by atoms with van der Waals surface area (Å²) in [5.74, 6) is 0.181. The predicted octanol–water partition coefficient (Wildman–Crippen LogP) is 4.35. The Hall–Kier alpha value is -3.79. The number of pyridine rings is 1. The minimum Gasteiger partial charge on any atom is -0.487 e. The molecule has 1 atom stereocenters. The molecule has 0 saturated carbocycles. The van der Waals surface area contributed by atoms with Crippen molar-refractivity contribution < 1.29 is 23.5 Å². The van der Waals surface area contributed by atoms with Gasteiger partial charge >= 0.3 is 0 Å². The number of carbonyl (C=O) groups excluding carboxylic acids is 2. The number of likely N-dealkylation sites (N-methyl/N-ethyl adjacent to an activating group) is 1. The van der Waals surface area contributed by atoms with Crippen molar-refractivity contribution in [2.75, 3.05) is 45.6 Å². The standard InChI is InChI=1S/C25H21ClFN3O3.C5H11NO/c26-21-6-5-16(17-3-4-18(14-31)22(27)11-17)9-19-10-20(33-25(19)21)13-30-24(32)8-2-15-1-7-23(28)29-12-15;1-6-2-4-7-5-3-6/h1-8,11-12,14,20H,9-10,13H2,(H2,28,29)(H,30,32);2-5H2,1H3/b8-2+;. The number of nitrogens with zero attached hydrogens (tertiary/aromatic N) is 2. The first-order chi connectivity index (χ1) is 19.3. The van der Waals surface area contributed by atoms with Gasteiger partial charge in [-0.2, -0.15) is 0 Å². The zero-order valence-corrected chi connectivity index (χ0v) is 23.0. The number of carbonyl (C=O) groups is 2. The number of allylic oxidation sites excluding steroid dienone is 4. The monoisotopic (exact) mass is 566 g/mol. The molecule has 5 rings (SSSR count). The van der Waals surface area contributed by atoms with E-state index in [-0.39, 0.29) is 17.6 Å². The summed E-state index contributed by atoms with van der Waals surface area (Å²) < 4.78 is 25.2. The second-order valence-electron chi connectivity index (χ2n) is 9.62. The fourth-order valence-corrected chi connectivity index (χ4v) is 4.57. The maximum atomic E-state index is 14.1. The zero-order valence-electron chi connectivity index (χ0n) is 22.2. The minimum absolute atomic E-state index is 0.0168. The van der Waals surface area contributed by atoms with Crippen molar-refractivity contribution in [1.29, 1.82) is 0 Å². The lowest BCUT2D eigenvalue weighted by Gasteiger charge is -2.21. The van der Waals surface area contributed by atoms with Crippen LogP contribution in [-0.4, -0.2) is 68.1 Å². The third kappa shape index (κ3) is 8.11. The number of aromatic nitrogens is 1. The Morgan fingerprint density at radius 3 is 2.70 bits per heavy atom. The Labute approximate surface area is 238 Å². The number of aldehydes is 1. The van der Waals surface area contributed by atoms with Crippen molar-refractivity contribution >= 4 is 41.3 Å². The Kier molecular flexibility index (Phi) is 10.2. The van der Waals surface area contributed by atoms with Crippen LogP contribution >= 0.6 is 11.6 Å². The van der Waals surface area contributed by atoms with Gasteiger partial charge in [0.1, 0.15) is 23.5 Å². The number of hydrogen-bond acceptors (Lipinski definition) is 7. The van der Waals surface area contributed by atoms with Gasteiger partial charge < -0.3 is 25.4 Å². The molecule has 0 bridgehead atoms. The van der Waals surface area contributed by atoms with Crippen molar-refractivity contribution in [3.05, 3.63) is 93.6 Å². The molecule has 10 heteroatoms. The normalized spacial score (nSPS) is 19.0. The zero-order chi connectivity index (χ0) is 28.5. The molecule has 1 amide bonds. The number of ether oxygens (including phenoxy) is 2. The molecule has 1 aliphatic carbocycles. The summed E-state index contributed by atoms with van der Waals surface area (Å²) in [6, 6.07) is 7.95. The number of nitrogens with two attached hydrogens (primary N) is 1. The number of amides is 1. The molecule has 3 N–H and O–H groups in total. The lowest BCUT2D eigenvalue weighted by atomic mass is 9.95. The van der Waals surface area contributed by atoms with E-state index in [2.05, 4.69) is 22.2 Å². The van der Waals surface area contributed by atoms with Crippen molar-refractivity contribution in [3.8, 4) is 0 Å². The van der Waals surface area contributed by atoms with E-state index < -0.39 is 5.82 Å². The number of benzene rings is 1. The first kappa shape index (κ1) is 29.2. The van der Waals surface area contributed by atoms with Crippen LogP contribution in [0.15, 0.2) is 71.1 Å². The van der Waals surface area contributed by atoms with Crippen LogP contribution in [0, 0.1) is 5.82 Å². The molecule has 8 nitrogen and oxygen atoms in total. The molecule has 1 aromatic heterocycles. The summed E-state index contributed by atoms with van der Waals surface area (Å²) in [5, 5.41) is 3.28. The summed E-state index contributed by atoms with van der Waals surface area (Å²) in [5.41, 5.74) is 8.84. The number of rotatable bonds is 6. The van der Waals surface area contributed by atoms with Crippen LogP contribution in [0.25, 0.3) is 11.6 Å². The van der Waals surface area contributed by atoms with Gasteiger partial charge in [0.2, 0.25) is 5.91 Å². The summed E-state index contributed by atoms with van der Waals surface area (Å²) in [7, 11) is 2.11. The summed E-state index contributed by atoms with van der Waals surface area (Å²) in [6.45, 7) is 4.33. The molecule has 3 heterocycles. The highest BCUT2D eigenvalue weighted by atomic mass is 35.5. The lowest BCUT2D eigenvalue weighted by molar-refractivity contribution is -0.116. The molecular weight excluding hydrogens is 535 g/mol. The van der Waals surface area contributed by atoms with Gasteiger partial charge in [-0.05, 0) is 72.2 Å². The maximum absolute atomic E-state index is 14.1. The van der Waals surface area contributed by atoms with Gasteiger partial charge in [0.25, 0.3) is 0 Å². The van der Waals surface area contributed by atoms with Crippen LogP contribution in [0.1, 0.15) is 34.3 Å². The average Bonchev–Trinajstić information content (AvgIpc) is 3.30. The largest absolute Gasteiger partial charge is 0.487 e. The molecule has 2 aliphatic heterocycles. The van der Waals surface area contributed by atoms with Gasteiger partial charge in [-0.3, -0.25) is 9.59 Å². The Balaban J connectivity index is 0.000000461. The van der Waals surface area contributed by atoms with Crippen molar-refractivity contribution in [3.63, 3.8) is 0 Å². The molecule has 1 aromatic carbocycles. The van der Waals surface area contributed by atoms with Crippen LogP contribution < -0.4 is 11.1 Å². The number of nitrogen functional groups attached to an aromatic ring is 1. The van der Waals surface area contributed by atoms with Crippen LogP contribution in [0.4, 0.5) is 10.2 Å². The van der Waals surface area contributed by atoms with Crippen molar-refractivity contribution in [2.24, 2.45) is 0 Å². The summed E-state index contributed by atoms with van der Waals surface area (Å²) in [6.07, 6.45) is 9.53. The Bertz CT molecular complexity index is 1350. The second-order valence-corrected chi connectivity index (χ2v) is 10.0. The van der Waals surface area contributed by atoms with Crippen LogP contribution in [0.5, 0.6) is 0 Å². The molecule has 40 heavy (non-hydrogen) atoms. The molecule has 1 unspecified atom stereocenters. The number of anilines is 1. The van der Waals surface area contributed by atoms with Crippen molar-refractivity contribution in [2.45, 2.75) is 18.9 Å². The quantitative estimate of drug-likeness (QED) is 0.395. The van der Waals surface area contributed by atoms with Crippen LogP contribution in [0.3, 0.4) is 0 Å². The first-order valence-electron chi connectivity index (χ1n) is 13.0. The molecule has 1 fully saturated rings. The SMILES string of the molecule is CN1CCOCC1.Nc1ccc(/C=C/C(=O)NCC2CC3=C(O2)C(Cl)=CC=C(c2ccc(C=O)c(F)c2)C3)cn1. The topological polar surface area (TPSA) is 107 Å². The predicted molar refractivity (Wildman–Crippen MR) is 154 cm³/mol. The minimum atomic E-state index is -0.567. The van der Waals surface area contributed by atoms with E-state index in [1.165, 1.54) is 18.2 Å². The van der Waals surface area contributed by atoms with E-state index >= 15 is 0 Å². The number of nitrogens with one attached hydrogen (secondary N) is 1. The maximum Gasteiger partial charge on any atom is 0.244 e. The van der Waals surface area contributed by atoms with Gasteiger partial charge in [-0.15, -0.1) is 0 Å². The molecule has 3 aliphatic rings. The van der Waals surface area contributed by atoms with E-state index in [9.17, 15) is 14.0 Å². The molecule has 0 spiro atoms. The lowest BCUT2D eigenvalue weighted by Crippen LogP contribution is -2.32. The van der Waals surface area contributed by atoms with E-state index in [0.29, 0.717) is 47.8 Å². The van der Waals surface area contributed by atoms with Crippen LogP contribution in [0.2, 0.25) is 0 Å². The van der Waals surface area contributed by atoms with Gasteiger partial charge in [0.05, 0.1) is 30.4 Å².